The average Bonchev–Trinajstić information content (AvgIpc) is 3.15. The van der Waals surface area contributed by atoms with E-state index in [-0.39, 0.29) is 12.0 Å². The number of esters is 1. The van der Waals surface area contributed by atoms with Gasteiger partial charge in [-0.1, -0.05) is 19.3 Å². The van der Waals surface area contributed by atoms with E-state index in [1.807, 2.05) is 23.9 Å². The minimum Gasteiger partial charge on any atom is -0.468 e. The van der Waals surface area contributed by atoms with Gasteiger partial charge in [0.15, 0.2) is 0 Å². The van der Waals surface area contributed by atoms with Gasteiger partial charge in [-0.2, -0.15) is 11.8 Å². The van der Waals surface area contributed by atoms with Gasteiger partial charge in [0, 0.05) is 12.1 Å². The lowest BCUT2D eigenvalue weighted by molar-refractivity contribution is -0.137. The molecule has 1 N–H and O–H groups in total. The van der Waals surface area contributed by atoms with Crippen LogP contribution in [0.4, 0.5) is 9.80 Å². The smallest absolute Gasteiger partial charge is 0.322 e. The molecule has 2 aliphatic rings. The molecule has 0 bridgehead atoms. The van der Waals surface area contributed by atoms with Crippen LogP contribution < -0.4 is 5.32 Å². The van der Waals surface area contributed by atoms with Crippen LogP contribution in [0.2, 0.25) is 0 Å². The van der Waals surface area contributed by atoms with Crippen LogP contribution in [0.25, 0.3) is 0 Å². The molecule has 1 saturated heterocycles. The molecule has 0 spiro atoms. The fourth-order valence-corrected chi connectivity index (χ4v) is 6.71. The van der Waals surface area contributed by atoms with Gasteiger partial charge in [0.25, 0.3) is 0 Å². The number of carbonyl (C=O) groups is 2. The van der Waals surface area contributed by atoms with Crippen molar-refractivity contribution in [1.82, 2.24) is 4.90 Å². The van der Waals surface area contributed by atoms with Crippen molar-refractivity contribution in [2.45, 2.75) is 61.2 Å². The number of nitrogens with one attached hydrogen (secondary N) is 1. The molecule has 5 nitrogen and oxygen atoms in total. The predicted molar refractivity (Wildman–Crippen MR) is 115 cm³/mol. The standard InChI is InChI=1S/C19H28N2O3S3/c1-24-17(22)13-26-18-8-7-16(27-18)20-19(23)21(14-5-3-2-4-6-14)15-9-11-25-12-10-15/h7-8,14-15H,2-6,9-13H2,1H3,(H,20,23). The summed E-state index contributed by atoms with van der Waals surface area (Å²) in [5.41, 5.74) is 0. The van der Waals surface area contributed by atoms with Crippen LogP contribution in [0.3, 0.4) is 0 Å². The van der Waals surface area contributed by atoms with Gasteiger partial charge < -0.3 is 9.64 Å². The number of methoxy groups -OCH3 is 1. The quantitative estimate of drug-likeness (QED) is 0.506. The number of hydrogen-bond acceptors (Lipinski definition) is 6. The molecule has 1 saturated carbocycles. The van der Waals surface area contributed by atoms with E-state index in [2.05, 4.69) is 15.0 Å². The molecular weight excluding hydrogens is 400 g/mol. The number of carbonyl (C=O) groups excluding carboxylic acids is 2. The Morgan fingerprint density at radius 1 is 1.15 bits per heavy atom. The van der Waals surface area contributed by atoms with E-state index in [9.17, 15) is 9.59 Å². The van der Waals surface area contributed by atoms with Gasteiger partial charge in [0.2, 0.25) is 0 Å². The number of rotatable bonds is 6. The zero-order valence-corrected chi connectivity index (χ0v) is 18.2. The molecule has 0 aromatic carbocycles. The number of thioether (sulfide) groups is 2. The molecule has 1 aromatic heterocycles. The molecule has 0 atom stereocenters. The second kappa shape index (κ2) is 10.6. The van der Waals surface area contributed by atoms with Crippen LogP contribution in [-0.2, 0) is 9.53 Å². The third-order valence-corrected chi connectivity index (χ3v) is 8.41. The summed E-state index contributed by atoms with van der Waals surface area (Å²) in [5, 5.41) is 3.97. The van der Waals surface area contributed by atoms with E-state index < -0.39 is 0 Å². The number of thiophene rings is 1. The summed E-state index contributed by atoms with van der Waals surface area (Å²) in [4.78, 5) is 26.6. The van der Waals surface area contributed by atoms with Gasteiger partial charge in [-0.3, -0.25) is 10.1 Å². The van der Waals surface area contributed by atoms with Crippen molar-refractivity contribution in [3.8, 4) is 0 Å². The third-order valence-electron chi connectivity index (χ3n) is 5.16. The number of anilines is 1. The van der Waals surface area contributed by atoms with Crippen LogP contribution in [0.1, 0.15) is 44.9 Å². The Labute approximate surface area is 174 Å². The van der Waals surface area contributed by atoms with Crippen molar-refractivity contribution in [3.05, 3.63) is 12.1 Å². The summed E-state index contributed by atoms with van der Waals surface area (Å²) >= 11 is 4.95. The lowest BCUT2D eigenvalue weighted by atomic mass is 9.92. The maximum Gasteiger partial charge on any atom is 0.322 e. The zero-order chi connectivity index (χ0) is 19.1. The first-order valence-electron chi connectivity index (χ1n) is 9.64. The number of ether oxygens (including phenoxy) is 1. The normalized spacial score (nSPS) is 18.9. The Bertz CT molecular complexity index is 607. The maximum atomic E-state index is 13.2. The van der Waals surface area contributed by atoms with Gasteiger partial charge in [0.05, 0.1) is 22.1 Å². The van der Waals surface area contributed by atoms with Crippen LogP contribution in [0, 0.1) is 0 Å². The maximum absolute atomic E-state index is 13.2. The van der Waals surface area contributed by atoms with Crippen LogP contribution in [0.5, 0.6) is 0 Å². The number of amides is 2. The molecule has 2 amide bonds. The molecule has 0 radical (unpaired) electrons. The third kappa shape index (κ3) is 6.06. The van der Waals surface area contributed by atoms with Gasteiger partial charge in [-0.05, 0) is 49.3 Å². The Morgan fingerprint density at radius 2 is 1.85 bits per heavy atom. The molecule has 150 valence electrons. The van der Waals surface area contributed by atoms with E-state index in [4.69, 9.17) is 0 Å². The molecule has 27 heavy (non-hydrogen) atoms. The van der Waals surface area contributed by atoms with Gasteiger partial charge in [-0.25, -0.2) is 4.79 Å². The lowest BCUT2D eigenvalue weighted by Crippen LogP contribution is -2.51. The van der Waals surface area contributed by atoms with Crippen LogP contribution in [0.15, 0.2) is 16.3 Å². The fraction of sp³-hybridized carbons (Fsp3) is 0.684. The molecule has 1 aromatic rings. The van der Waals surface area contributed by atoms with Crippen molar-refractivity contribution >= 4 is 51.9 Å². The molecule has 1 aliphatic heterocycles. The fourth-order valence-electron chi connectivity index (χ4n) is 3.78. The minimum atomic E-state index is -0.238. The van der Waals surface area contributed by atoms with Gasteiger partial charge in [-0.15, -0.1) is 23.1 Å². The zero-order valence-electron chi connectivity index (χ0n) is 15.8. The van der Waals surface area contributed by atoms with E-state index in [0.29, 0.717) is 17.8 Å². The summed E-state index contributed by atoms with van der Waals surface area (Å²) in [6.07, 6.45) is 8.19. The Hall–Kier alpha value is -0.860. The highest BCUT2D eigenvalue weighted by Crippen LogP contribution is 2.33. The lowest BCUT2D eigenvalue weighted by Gasteiger charge is -2.41. The van der Waals surface area contributed by atoms with Crippen LogP contribution >= 0.6 is 34.9 Å². The largest absolute Gasteiger partial charge is 0.468 e. The Morgan fingerprint density at radius 3 is 2.56 bits per heavy atom. The van der Waals surface area contributed by atoms with Crippen molar-refractivity contribution in [2.24, 2.45) is 0 Å². The molecule has 8 heteroatoms. The first kappa shape index (κ1) is 20.9. The summed E-state index contributed by atoms with van der Waals surface area (Å²) in [5.74, 6) is 2.35. The van der Waals surface area contributed by atoms with Crippen LogP contribution in [-0.4, -0.2) is 53.4 Å². The highest BCUT2D eigenvalue weighted by molar-refractivity contribution is 8.01. The summed E-state index contributed by atoms with van der Waals surface area (Å²) in [6, 6.07) is 4.67. The highest BCUT2D eigenvalue weighted by Gasteiger charge is 2.32. The molecule has 3 rings (SSSR count). The van der Waals surface area contributed by atoms with E-state index in [0.717, 1.165) is 46.4 Å². The predicted octanol–water partition coefficient (Wildman–Crippen LogP) is 5.08. The van der Waals surface area contributed by atoms with E-state index in [1.165, 1.54) is 49.5 Å². The summed E-state index contributed by atoms with van der Waals surface area (Å²) in [6.45, 7) is 0. The van der Waals surface area contributed by atoms with E-state index in [1.54, 1.807) is 0 Å². The summed E-state index contributed by atoms with van der Waals surface area (Å²) < 4.78 is 5.68. The minimum absolute atomic E-state index is 0.0465. The van der Waals surface area contributed by atoms with Crippen molar-refractivity contribution in [3.63, 3.8) is 0 Å². The Kier molecular flexibility index (Phi) is 8.21. The SMILES string of the molecule is COC(=O)CSc1ccc(NC(=O)N(C2CCCCC2)C2CCSCC2)s1. The summed E-state index contributed by atoms with van der Waals surface area (Å²) in [7, 11) is 1.40. The highest BCUT2D eigenvalue weighted by atomic mass is 32.2. The van der Waals surface area contributed by atoms with E-state index >= 15 is 0 Å². The second-order valence-electron chi connectivity index (χ2n) is 6.96. The van der Waals surface area contributed by atoms with Crippen molar-refractivity contribution < 1.29 is 14.3 Å². The molecule has 2 fully saturated rings. The number of hydrogen-bond donors (Lipinski definition) is 1. The Balaban J connectivity index is 1.63. The van der Waals surface area contributed by atoms with Gasteiger partial charge in [0.1, 0.15) is 0 Å². The molecule has 1 aliphatic carbocycles. The molecular formula is C19H28N2O3S3. The first-order chi connectivity index (χ1) is 13.2. The number of urea groups is 1. The topological polar surface area (TPSA) is 58.6 Å². The number of nitrogens with zero attached hydrogens (tertiary/aromatic N) is 1. The molecule has 0 unspecified atom stereocenters. The first-order valence-corrected chi connectivity index (χ1v) is 12.6. The van der Waals surface area contributed by atoms with Gasteiger partial charge >= 0.3 is 12.0 Å². The average molecular weight is 429 g/mol. The van der Waals surface area contributed by atoms with Crippen molar-refractivity contribution in [2.75, 3.05) is 29.7 Å². The molecule has 2 heterocycles. The van der Waals surface area contributed by atoms with Crippen molar-refractivity contribution in [1.29, 1.82) is 0 Å². The second-order valence-corrected chi connectivity index (χ2v) is 10.5. The monoisotopic (exact) mass is 428 g/mol.